The Morgan fingerprint density at radius 2 is 2.23 bits per heavy atom. The summed E-state index contributed by atoms with van der Waals surface area (Å²) in [7, 11) is 1.56. The first-order valence-corrected chi connectivity index (χ1v) is 9.05. The molecule has 1 N–H and O–H groups in total. The van der Waals surface area contributed by atoms with Crippen LogP contribution in [-0.4, -0.2) is 36.0 Å². The number of ether oxygens (including phenoxy) is 1. The largest absolute Gasteiger partial charge is 0.632 e. The summed E-state index contributed by atoms with van der Waals surface area (Å²) in [6.07, 6.45) is 3.93. The molecule has 0 radical (unpaired) electrons. The molecule has 2 aromatic rings. The number of fused-ring (bicyclic) bond motifs is 4. The number of rotatable bonds is 4. The Morgan fingerprint density at radius 3 is 2.92 bits per heavy atom. The molecule has 1 aromatic carbocycles. The zero-order valence-electron chi connectivity index (χ0n) is 14.9. The van der Waals surface area contributed by atoms with E-state index < -0.39 is 12.1 Å². The van der Waals surface area contributed by atoms with Crippen LogP contribution in [0.1, 0.15) is 24.5 Å². The fourth-order valence-electron chi connectivity index (χ4n) is 4.79. The fraction of sp³-hybridized carbons (Fsp3) is 0.450. The van der Waals surface area contributed by atoms with Crippen LogP contribution in [0, 0.1) is 22.3 Å². The van der Waals surface area contributed by atoms with Gasteiger partial charge >= 0.3 is 0 Å². The normalized spacial score (nSPS) is 31.7. The molecule has 0 aliphatic carbocycles. The van der Waals surface area contributed by atoms with E-state index in [0.717, 1.165) is 11.2 Å². The lowest BCUT2D eigenvalue weighted by atomic mass is 9.73. The molecule has 3 aliphatic heterocycles. The van der Waals surface area contributed by atoms with Crippen molar-refractivity contribution in [1.82, 2.24) is 0 Å². The van der Waals surface area contributed by atoms with Crippen LogP contribution in [-0.2, 0) is 0 Å². The molecule has 6 heteroatoms. The first-order chi connectivity index (χ1) is 12.5. The summed E-state index contributed by atoms with van der Waals surface area (Å²) in [5.74, 6) is 1.23. The summed E-state index contributed by atoms with van der Waals surface area (Å²) in [4.78, 5) is 0. The van der Waals surface area contributed by atoms with Crippen LogP contribution >= 0.6 is 0 Å². The SMILES string of the molecule is C=C[C@H]1C[N@@+]2([O-])CC[C@@H]1C[C@H]2[C@@H](O)c1cc[n+]([O-])c2ccc(OC)cc12. The first kappa shape index (κ1) is 17.3. The molecular weight excluding hydrogens is 332 g/mol. The average Bonchev–Trinajstić information content (AvgIpc) is 2.67. The van der Waals surface area contributed by atoms with Gasteiger partial charge in [-0.3, -0.25) is 0 Å². The first-order valence-electron chi connectivity index (χ1n) is 9.05. The Bertz CT molecular complexity index is 855. The Labute approximate surface area is 152 Å². The van der Waals surface area contributed by atoms with Crippen molar-refractivity contribution < 1.29 is 19.2 Å². The second-order valence-corrected chi connectivity index (χ2v) is 7.53. The third-order valence-corrected chi connectivity index (χ3v) is 6.28. The number of aliphatic hydroxyl groups excluding tert-OH is 1. The van der Waals surface area contributed by atoms with Gasteiger partial charge in [0.1, 0.15) is 17.9 Å². The monoisotopic (exact) mass is 356 g/mol. The van der Waals surface area contributed by atoms with Crippen LogP contribution in [0.2, 0.25) is 0 Å². The van der Waals surface area contributed by atoms with Gasteiger partial charge < -0.3 is 24.9 Å². The van der Waals surface area contributed by atoms with Crippen LogP contribution in [0.4, 0.5) is 0 Å². The third kappa shape index (κ3) is 2.57. The molecule has 0 spiro atoms. The van der Waals surface area contributed by atoms with Crippen LogP contribution in [0.5, 0.6) is 5.75 Å². The molecule has 4 heterocycles. The number of aromatic nitrogens is 1. The van der Waals surface area contributed by atoms with Crippen LogP contribution in [0.25, 0.3) is 10.9 Å². The second kappa shape index (κ2) is 6.23. The smallest absolute Gasteiger partial charge is 0.224 e. The minimum atomic E-state index is -0.920. The van der Waals surface area contributed by atoms with Gasteiger partial charge in [-0.25, -0.2) is 0 Å². The van der Waals surface area contributed by atoms with E-state index in [1.807, 2.05) is 6.08 Å². The number of nitrogens with zero attached hydrogens (tertiary/aromatic N) is 2. The molecule has 2 bridgehead atoms. The Hall–Kier alpha value is -2.15. The van der Waals surface area contributed by atoms with Gasteiger partial charge in [-0.2, -0.15) is 4.73 Å². The Morgan fingerprint density at radius 1 is 1.42 bits per heavy atom. The maximum Gasteiger partial charge on any atom is 0.224 e. The Balaban J connectivity index is 1.76. The molecule has 3 aliphatic rings. The molecular formula is C20H24N2O4. The standard InChI is InChI=1S/C20H24N2O4/c1-3-13-12-22(25)9-7-14(13)10-19(22)20(23)16-6-8-21(24)18-5-4-15(26-2)11-17(16)18/h3-6,8,11,13-14,19-20,23H,1,7,9-10,12H2,2H3/t13-,14+,19-,20-,22-/m0/s1. The topological polar surface area (TPSA) is 79.5 Å². The van der Waals surface area contributed by atoms with Gasteiger partial charge in [0, 0.05) is 36.5 Å². The maximum atomic E-state index is 13.4. The number of hydroxylamine groups is 3. The summed E-state index contributed by atoms with van der Waals surface area (Å²) < 4.78 is 5.66. The molecule has 3 fully saturated rings. The molecule has 138 valence electrons. The highest BCUT2D eigenvalue weighted by atomic mass is 16.6. The minimum Gasteiger partial charge on any atom is -0.632 e. The molecule has 3 saturated heterocycles. The van der Waals surface area contributed by atoms with Gasteiger partial charge in [-0.1, -0.05) is 6.08 Å². The van der Waals surface area contributed by atoms with Crippen LogP contribution in [0.15, 0.2) is 43.1 Å². The third-order valence-electron chi connectivity index (χ3n) is 6.28. The molecule has 5 atom stereocenters. The summed E-state index contributed by atoms with van der Waals surface area (Å²) in [6.45, 7) is 4.88. The highest BCUT2D eigenvalue weighted by Crippen LogP contribution is 2.46. The number of benzene rings is 1. The number of piperidine rings is 3. The van der Waals surface area contributed by atoms with E-state index in [0.29, 0.717) is 47.6 Å². The van der Waals surface area contributed by atoms with Crippen LogP contribution in [0.3, 0.4) is 0 Å². The Kier molecular flexibility index (Phi) is 4.14. The van der Waals surface area contributed by atoms with Gasteiger partial charge in [-0.15, -0.1) is 6.58 Å². The van der Waals surface area contributed by atoms with Gasteiger partial charge in [0.05, 0.1) is 25.6 Å². The summed E-state index contributed by atoms with van der Waals surface area (Å²) in [6, 6.07) is 6.36. The number of hydrogen-bond acceptors (Lipinski definition) is 4. The van der Waals surface area contributed by atoms with Crippen molar-refractivity contribution >= 4 is 10.9 Å². The van der Waals surface area contributed by atoms with E-state index in [9.17, 15) is 15.5 Å². The van der Waals surface area contributed by atoms with Crippen molar-refractivity contribution in [2.24, 2.45) is 11.8 Å². The van der Waals surface area contributed by atoms with Gasteiger partial charge in [0.2, 0.25) is 5.52 Å². The van der Waals surface area contributed by atoms with Crippen LogP contribution < -0.4 is 9.47 Å². The molecule has 0 saturated carbocycles. The summed E-state index contributed by atoms with van der Waals surface area (Å²) >= 11 is 0. The fourth-order valence-corrected chi connectivity index (χ4v) is 4.79. The summed E-state index contributed by atoms with van der Waals surface area (Å²) in [5.41, 5.74) is 1.08. The quantitative estimate of drug-likeness (QED) is 0.395. The zero-order chi connectivity index (χ0) is 18.5. The number of quaternary nitrogens is 1. The summed E-state index contributed by atoms with van der Waals surface area (Å²) in [5, 5.41) is 37.3. The molecule has 0 unspecified atom stereocenters. The molecule has 6 nitrogen and oxygen atoms in total. The molecule has 0 amide bonds. The minimum absolute atomic E-state index is 0.223. The van der Waals surface area contributed by atoms with E-state index in [1.54, 1.807) is 31.4 Å². The number of pyridine rings is 1. The number of hydrogen-bond donors (Lipinski definition) is 1. The van der Waals surface area contributed by atoms with Crippen molar-refractivity contribution in [2.75, 3.05) is 20.2 Å². The highest BCUT2D eigenvalue weighted by molar-refractivity contribution is 5.81. The van der Waals surface area contributed by atoms with Crippen molar-refractivity contribution in [2.45, 2.75) is 25.0 Å². The van der Waals surface area contributed by atoms with E-state index >= 15 is 0 Å². The van der Waals surface area contributed by atoms with Crippen molar-refractivity contribution in [3.63, 3.8) is 0 Å². The maximum absolute atomic E-state index is 13.4. The number of aliphatic hydroxyl groups is 1. The van der Waals surface area contributed by atoms with Gasteiger partial charge in [0.25, 0.3) is 0 Å². The predicted molar refractivity (Wildman–Crippen MR) is 98.0 cm³/mol. The lowest BCUT2D eigenvalue weighted by molar-refractivity contribution is -0.929. The second-order valence-electron chi connectivity index (χ2n) is 7.53. The highest BCUT2D eigenvalue weighted by Gasteiger charge is 2.49. The zero-order valence-corrected chi connectivity index (χ0v) is 14.9. The molecule has 5 rings (SSSR count). The lowest BCUT2D eigenvalue weighted by Gasteiger charge is -2.60. The van der Waals surface area contributed by atoms with E-state index in [-0.39, 0.29) is 10.6 Å². The predicted octanol–water partition coefficient (Wildman–Crippen LogP) is 2.42. The van der Waals surface area contributed by atoms with Gasteiger partial charge in [-0.05, 0) is 18.1 Å². The van der Waals surface area contributed by atoms with E-state index in [1.165, 1.54) is 6.20 Å². The number of methoxy groups -OCH3 is 1. The van der Waals surface area contributed by atoms with Crippen molar-refractivity contribution in [3.8, 4) is 5.75 Å². The van der Waals surface area contributed by atoms with Gasteiger partial charge in [0.15, 0.2) is 6.20 Å². The lowest BCUT2D eigenvalue weighted by Crippen LogP contribution is -2.65. The van der Waals surface area contributed by atoms with E-state index in [2.05, 4.69) is 6.58 Å². The van der Waals surface area contributed by atoms with Crippen molar-refractivity contribution in [1.29, 1.82) is 0 Å². The van der Waals surface area contributed by atoms with E-state index in [4.69, 9.17) is 4.74 Å². The molecule has 1 aromatic heterocycles. The average molecular weight is 356 g/mol. The molecule has 26 heavy (non-hydrogen) atoms. The van der Waals surface area contributed by atoms with Crippen molar-refractivity contribution in [3.05, 3.63) is 59.1 Å².